The van der Waals surface area contributed by atoms with Gasteiger partial charge in [0.2, 0.25) is 0 Å². The number of fused-ring (bicyclic) bond motifs is 1. The molecule has 2 rings (SSSR count). The summed E-state index contributed by atoms with van der Waals surface area (Å²) in [6.07, 6.45) is 0. The van der Waals surface area contributed by atoms with Crippen LogP contribution in [0.1, 0.15) is 0 Å². The van der Waals surface area contributed by atoms with Gasteiger partial charge in [-0.05, 0) is 29.0 Å². The van der Waals surface area contributed by atoms with E-state index in [4.69, 9.17) is 0 Å². The Hall–Kier alpha value is -1.02. The molecule has 0 N–H and O–H groups in total. The minimum atomic E-state index is 1.27. The molecule has 0 saturated heterocycles. The fourth-order valence-corrected chi connectivity index (χ4v) is 2.04. The molecule has 2 aromatic rings. The van der Waals surface area contributed by atoms with E-state index < -0.39 is 0 Å². The highest BCUT2D eigenvalue weighted by atomic mass is 32.1. The maximum atomic E-state index is 2.22. The molecule has 0 radical (unpaired) electrons. The molecule has 0 saturated carbocycles. The monoisotopic (exact) mass is 177 g/mol. The predicted octanol–water partition coefficient (Wildman–Crippen LogP) is 2.97. The van der Waals surface area contributed by atoms with Gasteiger partial charge >= 0.3 is 0 Å². The highest BCUT2D eigenvalue weighted by Crippen LogP contribution is 2.25. The maximum Gasteiger partial charge on any atom is 0.0375 e. The van der Waals surface area contributed by atoms with Crippen LogP contribution in [0.5, 0.6) is 0 Å². The summed E-state index contributed by atoms with van der Waals surface area (Å²) in [6, 6.07) is 8.69. The van der Waals surface area contributed by atoms with Crippen molar-refractivity contribution in [3.63, 3.8) is 0 Å². The lowest BCUT2D eigenvalue weighted by atomic mass is 10.2. The molecule has 0 fully saturated rings. The van der Waals surface area contributed by atoms with Crippen molar-refractivity contribution in [3.05, 3.63) is 29.6 Å². The zero-order valence-corrected chi connectivity index (χ0v) is 8.06. The molecule has 0 aliphatic heterocycles. The summed E-state index contributed by atoms with van der Waals surface area (Å²) in [5, 5.41) is 3.47. The lowest BCUT2D eigenvalue weighted by Crippen LogP contribution is -2.07. The average Bonchev–Trinajstić information content (AvgIpc) is 2.49. The molecular formula is C10H11NS. The van der Waals surface area contributed by atoms with Crippen molar-refractivity contribution in [2.45, 2.75) is 0 Å². The summed E-state index contributed by atoms with van der Waals surface area (Å²) in [6.45, 7) is 0. The van der Waals surface area contributed by atoms with Crippen molar-refractivity contribution in [1.82, 2.24) is 0 Å². The molecule has 12 heavy (non-hydrogen) atoms. The number of hydrogen-bond acceptors (Lipinski definition) is 2. The van der Waals surface area contributed by atoms with Gasteiger partial charge in [0.05, 0.1) is 0 Å². The summed E-state index contributed by atoms with van der Waals surface area (Å²) in [5.74, 6) is 0. The number of benzene rings is 1. The van der Waals surface area contributed by atoms with Crippen LogP contribution in [0.25, 0.3) is 10.1 Å². The van der Waals surface area contributed by atoms with Gasteiger partial charge in [0.15, 0.2) is 0 Å². The second kappa shape index (κ2) is 2.79. The van der Waals surface area contributed by atoms with Crippen LogP contribution in [-0.4, -0.2) is 14.1 Å². The predicted molar refractivity (Wildman–Crippen MR) is 56.2 cm³/mol. The Morgan fingerprint density at radius 1 is 1.17 bits per heavy atom. The van der Waals surface area contributed by atoms with Crippen molar-refractivity contribution in [2.75, 3.05) is 19.0 Å². The fraction of sp³-hybridized carbons (Fsp3) is 0.200. The molecule has 1 aromatic heterocycles. The Kier molecular flexibility index (Phi) is 1.77. The van der Waals surface area contributed by atoms with Gasteiger partial charge in [-0.1, -0.05) is 6.07 Å². The molecule has 0 aliphatic carbocycles. The quantitative estimate of drug-likeness (QED) is 0.647. The molecular weight excluding hydrogens is 166 g/mol. The van der Waals surface area contributed by atoms with Crippen molar-refractivity contribution in [3.8, 4) is 0 Å². The van der Waals surface area contributed by atoms with Gasteiger partial charge in [-0.3, -0.25) is 0 Å². The lowest BCUT2D eigenvalue weighted by Gasteiger charge is -2.11. The van der Waals surface area contributed by atoms with Crippen LogP contribution in [0.2, 0.25) is 0 Å². The zero-order chi connectivity index (χ0) is 8.55. The summed E-state index contributed by atoms with van der Waals surface area (Å²) in [4.78, 5) is 2.12. The third-order valence-electron chi connectivity index (χ3n) is 1.96. The van der Waals surface area contributed by atoms with E-state index in [0.29, 0.717) is 0 Å². The topological polar surface area (TPSA) is 3.24 Å². The van der Waals surface area contributed by atoms with E-state index >= 15 is 0 Å². The first-order valence-corrected chi connectivity index (χ1v) is 4.80. The summed E-state index contributed by atoms with van der Waals surface area (Å²) in [7, 11) is 4.13. The van der Waals surface area contributed by atoms with Gasteiger partial charge in [0, 0.05) is 24.5 Å². The third-order valence-corrected chi connectivity index (χ3v) is 2.84. The second-order valence-electron chi connectivity index (χ2n) is 3.04. The second-order valence-corrected chi connectivity index (χ2v) is 3.98. The largest absolute Gasteiger partial charge is 0.378 e. The van der Waals surface area contributed by atoms with Crippen molar-refractivity contribution in [1.29, 1.82) is 0 Å². The minimum Gasteiger partial charge on any atom is -0.378 e. The Morgan fingerprint density at radius 3 is 2.75 bits per heavy atom. The van der Waals surface area contributed by atoms with E-state index in [1.165, 1.54) is 15.8 Å². The molecule has 0 aliphatic rings. The Labute approximate surface area is 76.2 Å². The van der Waals surface area contributed by atoms with Crippen LogP contribution < -0.4 is 4.90 Å². The van der Waals surface area contributed by atoms with E-state index in [2.05, 4.69) is 48.6 Å². The summed E-state index contributed by atoms with van der Waals surface area (Å²) < 4.78 is 1.36. The summed E-state index contributed by atoms with van der Waals surface area (Å²) >= 11 is 1.79. The molecule has 0 atom stereocenters. The third kappa shape index (κ3) is 1.18. The number of anilines is 1. The minimum absolute atomic E-state index is 1.27. The highest BCUT2D eigenvalue weighted by Gasteiger charge is 1.97. The highest BCUT2D eigenvalue weighted by molar-refractivity contribution is 7.17. The normalized spacial score (nSPS) is 10.5. The van der Waals surface area contributed by atoms with E-state index in [9.17, 15) is 0 Å². The molecule has 2 heteroatoms. The molecule has 1 nitrogen and oxygen atoms in total. The molecule has 62 valence electrons. The SMILES string of the molecule is CN(C)c1ccc2ccsc2c1. The van der Waals surface area contributed by atoms with Gasteiger partial charge in [-0.25, -0.2) is 0 Å². The van der Waals surface area contributed by atoms with Crippen LogP contribution in [-0.2, 0) is 0 Å². The fourth-order valence-electron chi connectivity index (χ4n) is 1.22. The zero-order valence-electron chi connectivity index (χ0n) is 7.24. The van der Waals surface area contributed by atoms with E-state index in [1.807, 2.05) is 0 Å². The molecule has 0 spiro atoms. The van der Waals surface area contributed by atoms with Crippen molar-refractivity contribution in [2.24, 2.45) is 0 Å². The average molecular weight is 177 g/mol. The first-order valence-electron chi connectivity index (χ1n) is 3.92. The standard InChI is InChI=1S/C10H11NS/c1-11(2)9-4-3-8-5-6-12-10(8)7-9/h3-7H,1-2H3. The Bertz CT molecular complexity index is 389. The maximum absolute atomic E-state index is 2.22. The lowest BCUT2D eigenvalue weighted by molar-refractivity contribution is 1.14. The van der Waals surface area contributed by atoms with E-state index in [-0.39, 0.29) is 0 Å². The molecule has 0 unspecified atom stereocenters. The van der Waals surface area contributed by atoms with E-state index in [0.717, 1.165) is 0 Å². The summed E-state index contributed by atoms with van der Waals surface area (Å²) in [5.41, 5.74) is 1.27. The van der Waals surface area contributed by atoms with Crippen LogP contribution >= 0.6 is 11.3 Å². The van der Waals surface area contributed by atoms with E-state index in [1.54, 1.807) is 11.3 Å². The first kappa shape index (κ1) is 7.62. The smallest absolute Gasteiger partial charge is 0.0375 e. The molecule has 1 heterocycles. The van der Waals surface area contributed by atoms with Crippen molar-refractivity contribution >= 4 is 27.1 Å². The van der Waals surface area contributed by atoms with Gasteiger partial charge in [-0.2, -0.15) is 0 Å². The van der Waals surface area contributed by atoms with Gasteiger partial charge in [0.25, 0.3) is 0 Å². The Balaban J connectivity index is 2.60. The van der Waals surface area contributed by atoms with Gasteiger partial charge in [0.1, 0.15) is 0 Å². The number of rotatable bonds is 1. The van der Waals surface area contributed by atoms with Crippen LogP contribution in [0.4, 0.5) is 5.69 Å². The van der Waals surface area contributed by atoms with Crippen LogP contribution in [0, 0.1) is 0 Å². The molecule has 0 bridgehead atoms. The number of nitrogens with zero attached hydrogens (tertiary/aromatic N) is 1. The molecule has 1 aromatic carbocycles. The number of thiophene rings is 1. The Morgan fingerprint density at radius 2 is 2.00 bits per heavy atom. The first-order chi connectivity index (χ1) is 5.77. The van der Waals surface area contributed by atoms with Gasteiger partial charge < -0.3 is 4.90 Å². The van der Waals surface area contributed by atoms with Crippen molar-refractivity contribution < 1.29 is 0 Å². The van der Waals surface area contributed by atoms with Crippen LogP contribution in [0.3, 0.4) is 0 Å². The van der Waals surface area contributed by atoms with Crippen LogP contribution in [0.15, 0.2) is 29.6 Å². The molecule has 0 amide bonds. The number of hydrogen-bond donors (Lipinski definition) is 0. The van der Waals surface area contributed by atoms with Gasteiger partial charge in [-0.15, -0.1) is 11.3 Å².